The third-order valence-corrected chi connectivity index (χ3v) is 5.42. The molecule has 1 aromatic rings. The molecule has 1 fully saturated rings. The molecule has 1 aromatic heterocycles. The SMILES string of the molecule is CCc1nn(CC)c(CC(NN)C2CCOC2CC)c1Br. The number of hydrogen-bond donors (Lipinski definition) is 2. The van der Waals surface area contributed by atoms with E-state index in [1.807, 2.05) is 0 Å². The van der Waals surface area contributed by atoms with Crippen LogP contribution in [0.25, 0.3) is 0 Å². The predicted octanol–water partition coefficient (Wildman–Crippen LogP) is 2.42. The minimum Gasteiger partial charge on any atom is -0.378 e. The van der Waals surface area contributed by atoms with Crippen molar-refractivity contribution >= 4 is 15.9 Å². The minimum atomic E-state index is 0.223. The summed E-state index contributed by atoms with van der Waals surface area (Å²) in [6, 6.07) is 0.223. The summed E-state index contributed by atoms with van der Waals surface area (Å²) in [5.74, 6) is 6.32. The molecule has 0 amide bonds. The lowest BCUT2D eigenvalue weighted by Crippen LogP contribution is -2.45. The van der Waals surface area contributed by atoms with E-state index in [1.165, 1.54) is 5.69 Å². The Balaban J connectivity index is 2.20. The average molecular weight is 359 g/mol. The van der Waals surface area contributed by atoms with E-state index in [2.05, 4.69) is 51.9 Å². The first-order valence-corrected chi connectivity index (χ1v) is 8.77. The Kier molecular flexibility index (Phi) is 6.22. The second kappa shape index (κ2) is 7.72. The van der Waals surface area contributed by atoms with Crippen LogP contribution in [0.1, 0.15) is 45.0 Å². The minimum absolute atomic E-state index is 0.223. The van der Waals surface area contributed by atoms with Gasteiger partial charge in [0, 0.05) is 31.5 Å². The fourth-order valence-corrected chi connectivity index (χ4v) is 4.03. The highest BCUT2D eigenvalue weighted by molar-refractivity contribution is 9.10. The van der Waals surface area contributed by atoms with Gasteiger partial charge in [0.2, 0.25) is 0 Å². The number of halogens is 1. The Hall–Kier alpha value is -0.430. The molecule has 0 aliphatic carbocycles. The number of hydrazine groups is 1. The number of nitrogens with two attached hydrogens (primary N) is 1. The standard InChI is InChI=1S/C15H27BrN4O/c1-4-11-15(16)13(20(6-3)19-11)9-12(18-17)10-7-8-21-14(10)5-2/h10,12,14,18H,4-9,17H2,1-3H3. The van der Waals surface area contributed by atoms with E-state index in [0.717, 1.165) is 49.0 Å². The number of aromatic nitrogens is 2. The van der Waals surface area contributed by atoms with Gasteiger partial charge in [-0.05, 0) is 42.1 Å². The summed E-state index contributed by atoms with van der Waals surface area (Å²) in [6.07, 6.45) is 4.24. The summed E-state index contributed by atoms with van der Waals surface area (Å²) < 4.78 is 9.04. The molecule has 0 bridgehead atoms. The van der Waals surface area contributed by atoms with Gasteiger partial charge in [-0.3, -0.25) is 16.0 Å². The predicted molar refractivity (Wildman–Crippen MR) is 87.9 cm³/mol. The van der Waals surface area contributed by atoms with Crippen molar-refractivity contribution in [2.24, 2.45) is 11.8 Å². The van der Waals surface area contributed by atoms with E-state index in [4.69, 9.17) is 10.6 Å². The molecule has 120 valence electrons. The highest BCUT2D eigenvalue weighted by Gasteiger charge is 2.34. The van der Waals surface area contributed by atoms with Crippen molar-refractivity contribution in [1.82, 2.24) is 15.2 Å². The molecule has 3 atom stereocenters. The molecule has 5 nitrogen and oxygen atoms in total. The zero-order valence-electron chi connectivity index (χ0n) is 13.2. The lowest BCUT2D eigenvalue weighted by Gasteiger charge is -2.26. The molecule has 3 unspecified atom stereocenters. The number of nitrogens with zero attached hydrogens (tertiary/aromatic N) is 2. The van der Waals surface area contributed by atoms with Crippen molar-refractivity contribution in [2.45, 2.75) is 65.1 Å². The summed E-state index contributed by atoms with van der Waals surface area (Å²) >= 11 is 3.72. The van der Waals surface area contributed by atoms with Gasteiger partial charge >= 0.3 is 0 Å². The molecule has 2 heterocycles. The molecule has 6 heteroatoms. The molecule has 2 rings (SSSR count). The van der Waals surface area contributed by atoms with Crippen molar-refractivity contribution < 1.29 is 4.74 Å². The van der Waals surface area contributed by atoms with E-state index in [-0.39, 0.29) is 6.04 Å². The van der Waals surface area contributed by atoms with E-state index < -0.39 is 0 Å². The van der Waals surface area contributed by atoms with Crippen LogP contribution in [-0.2, 0) is 24.1 Å². The van der Waals surface area contributed by atoms with Crippen LogP contribution in [0.4, 0.5) is 0 Å². The van der Waals surface area contributed by atoms with Gasteiger partial charge in [-0.15, -0.1) is 0 Å². The number of nitrogens with one attached hydrogen (secondary N) is 1. The third-order valence-electron chi connectivity index (χ3n) is 4.50. The van der Waals surface area contributed by atoms with Gasteiger partial charge in [-0.25, -0.2) is 0 Å². The van der Waals surface area contributed by atoms with E-state index in [0.29, 0.717) is 12.0 Å². The Labute approximate surface area is 135 Å². The number of rotatable bonds is 7. The van der Waals surface area contributed by atoms with Crippen LogP contribution in [0.5, 0.6) is 0 Å². The van der Waals surface area contributed by atoms with Gasteiger partial charge in [-0.2, -0.15) is 5.10 Å². The van der Waals surface area contributed by atoms with Crippen LogP contribution >= 0.6 is 15.9 Å². The lowest BCUT2D eigenvalue weighted by molar-refractivity contribution is 0.0772. The lowest BCUT2D eigenvalue weighted by atomic mass is 9.89. The van der Waals surface area contributed by atoms with Crippen LogP contribution < -0.4 is 11.3 Å². The Bertz CT molecular complexity index is 463. The van der Waals surface area contributed by atoms with Crippen molar-refractivity contribution in [2.75, 3.05) is 6.61 Å². The van der Waals surface area contributed by atoms with Crippen LogP contribution in [0.15, 0.2) is 4.47 Å². The van der Waals surface area contributed by atoms with E-state index in [1.54, 1.807) is 0 Å². The van der Waals surface area contributed by atoms with Crippen LogP contribution in [0.2, 0.25) is 0 Å². The quantitative estimate of drug-likeness (QED) is 0.580. The summed E-state index contributed by atoms with van der Waals surface area (Å²) in [5, 5.41) is 4.67. The van der Waals surface area contributed by atoms with E-state index >= 15 is 0 Å². The van der Waals surface area contributed by atoms with Gasteiger partial charge < -0.3 is 4.74 Å². The van der Waals surface area contributed by atoms with Gasteiger partial charge in [0.25, 0.3) is 0 Å². The molecular formula is C15H27BrN4O. The molecule has 21 heavy (non-hydrogen) atoms. The van der Waals surface area contributed by atoms with Crippen molar-refractivity contribution in [3.63, 3.8) is 0 Å². The zero-order chi connectivity index (χ0) is 15.4. The van der Waals surface area contributed by atoms with Crippen LogP contribution in [0.3, 0.4) is 0 Å². The summed E-state index contributed by atoms with van der Waals surface area (Å²) in [7, 11) is 0. The van der Waals surface area contributed by atoms with Crippen molar-refractivity contribution in [3.05, 3.63) is 15.9 Å². The van der Waals surface area contributed by atoms with Crippen LogP contribution in [-0.4, -0.2) is 28.5 Å². The van der Waals surface area contributed by atoms with Crippen LogP contribution in [0, 0.1) is 5.92 Å². The molecule has 3 N–H and O–H groups in total. The Morgan fingerprint density at radius 3 is 2.81 bits per heavy atom. The molecular weight excluding hydrogens is 332 g/mol. The fourth-order valence-electron chi connectivity index (χ4n) is 3.30. The molecule has 1 aliphatic heterocycles. The fraction of sp³-hybridized carbons (Fsp3) is 0.800. The third kappa shape index (κ3) is 3.50. The molecule has 1 aliphatic rings. The molecule has 0 radical (unpaired) electrons. The molecule has 1 saturated heterocycles. The average Bonchev–Trinajstić information content (AvgIpc) is 3.09. The summed E-state index contributed by atoms with van der Waals surface area (Å²) in [6.45, 7) is 8.16. The van der Waals surface area contributed by atoms with E-state index in [9.17, 15) is 0 Å². The topological polar surface area (TPSA) is 65.1 Å². The Morgan fingerprint density at radius 1 is 1.48 bits per heavy atom. The summed E-state index contributed by atoms with van der Waals surface area (Å²) in [5.41, 5.74) is 5.38. The highest BCUT2D eigenvalue weighted by atomic mass is 79.9. The monoisotopic (exact) mass is 358 g/mol. The number of ether oxygens (including phenoxy) is 1. The normalized spacial score (nSPS) is 23.7. The molecule has 0 spiro atoms. The van der Waals surface area contributed by atoms with Crippen molar-refractivity contribution in [1.29, 1.82) is 0 Å². The maximum Gasteiger partial charge on any atom is 0.0766 e. The van der Waals surface area contributed by atoms with Gasteiger partial charge in [-0.1, -0.05) is 13.8 Å². The maximum absolute atomic E-state index is 5.85. The number of hydrogen-bond acceptors (Lipinski definition) is 4. The molecule has 0 saturated carbocycles. The first-order chi connectivity index (χ1) is 10.2. The second-order valence-corrected chi connectivity index (χ2v) is 6.42. The smallest absolute Gasteiger partial charge is 0.0766 e. The first kappa shape index (κ1) is 16.9. The second-order valence-electron chi connectivity index (χ2n) is 5.62. The zero-order valence-corrected chi connectivity index (χ0v) is 14.8. The molecule has 0 aromatic carbocycles. The van der Waals surface area contributed by atoms with Gasteiger partial charge in [0.1, 0.15) is 0 Å². The van der Waals surface area contributed by atoms with Gasteiger partial charge in [0.05, 0.1) is 22.0 Å². The highest BCUT2D eigenvalue weighted by Crippen LogP contribution is 2.30. The maximum atomic E-state index is 5.85. The first-order valence-electron chi connectivity index (χ1n) is 7.97. The van der Waals surface area contributed by atoms with Crippen molar-refractivity contribution in [3.8, 4) is 0 Å². The Morgan fingerprint density at radius 2 is 2.24 bits per heavy atom. The van der Waals surface area contributed by atoms with Gasteiger partial charge in [0.15, 0.2) is 0 Å². The summed E-state index contributed by atoms with van der Waals surface area (Å²) in [4.78, 5) is 0. The largest absolute Gasteiger partial charge is 0.378 e. The number of aryl methyl sites for hydroxylation is 2.